The number of ether oxygens (including phenoxy) is 2. The van der Waals surface area contributed by atoms with Gasteiger partial charge in [0.1, 0.15) is 18.1 Å². The molecule has 0 atom stereocenters. The average molecular weight is 311 g/mol. The van der Waals surface area contributed by atoms with Crippen molar-refractivity contribution in [3.63, 3.8) is 0 Å². The van der Waals surface area contributed by atoms with Crippen LogP contribution in [0.15, 0.2) is 60.7 Å². The number of benzene rings is 2. The van der Waals surface area contributed by atoms with Crippen LogP contribution in [-0.2, 0) is 4.79 Å². The lowest BCUT2D eigenvalue weighted by Gasteiger charge is -2.13. The van der Waals surface area contributed by atoms with Crippen molar-refractivity contribution in [2.75, 3.05) is 18.5 Å². The van der Waals surface area contributed by atoms with Crippen molar-refractivity contribution >= 4 is 11.6 Å². The average Bonchev–Trinajstić information content (AvgIpc) is 2.52. The molecule has 0 saturated heterocycles. The van der Waals surface area contributed by atoms with Crippen molar-refractivity contribution < 1.29 is 14.3 Å². The molecule has 4 nitrogen and oxygen atoms in total. The van der Waals surface area contributed by atoms with Crippen LogP contribution < -0.4 is 14.8 Å². The molecular weight excluding hydrogens is 290 g/mol. The van der Waals surface area contributed by atoms with Crippen LogP contribution >= 0.6 is 0 Å². The molecule has 23 heavy (non-hydrogen) atoms. The van der Waals surface area contributed by atoms with Gasteiger partial charge in [-0.15, -0.1) is 0 Å². The van der Waals surface area contributed by atoms with Crippen LogP contribution in [-0.4, -0.2) is 19.1 Å². The number of hydrogen-bond acceptors (Lipinski definition) is 3. The van der Waals surface area contributed by atoms with E-state index in [4.69, 9.17) is 9.47 Å². The van der Waals surface area contributed by atoms with E-state index < -0.39 is 0 Å². The van der Waals surface area contributed by atoms with Gasteiger partial charge in [0.15, 0.2) is 6.61 Å². The van der Waals surface area contributed by atoms with E-state index in [1.54, 1.807) is 12.1 Å². The highest BCUT2D eigenvalue weighted by Crippen LogP contribution is 2.24. The summed E-state index contributed by atoms with van der Waals surface area (Å²) in [5.41, 5.74) is 2.61. The van der Waals surface area contributed by atoms with Gasteiger partial charge in [-0.1, -0.05) is 30.8 Å². The first-order chi connectivity index (χ1) is 11.0. The van der Waals surface area contributed by atoms with E-state index in [-0.39, 0.29) is 12.5 Å². The number of anilines is 1. The van der Waals surface area contributed by atoms with Gasteiger partial charge in [-0.05, 0) is 49.2 Å². The molecule has 2 rings (SSSR count). The standard InChI is InChI=1S/C19H21NO3/c1-14(2)12-23-18-10-5-4-9-17(18)20-19(21)13-22-16-8-6-7-15(3)11-16/h4-11H,1,12-13H2,2-3H3,(H,20,21). The molecule has 120 valence electrons. The zero-order chi connectivity index (χ0) is 16.7. The number of nitrogens with one attached hydrogen (secondary N) is 1. The van der Waals surface area contributed by atoms with Gasteiger partial charge in [-0.3, -0.25) is 4.79 Å². The molecule has 0 aliphatic rings. The summed E-state index contributed by atoms with van der Waals surface area (Å²) in [6.07, 6.45) is 0. The maximum absolute atomic E-state index is 12.1. The Balaban J connectivity index is 1.93. The fraction of sp³-hybridized carbons (Fsp3) is 0.211. The second-order valence-corrected chi connectivity index (χ2v) is 5.40. The van der Waals surface area contributed by atoms with Crippen LogP contribution in [0.5, 0.6) is 11.5 Å². The predicted molar refractivity (Wildman–Crippen MR) is 92.1 cm³/mol. The molecule has 1 N–H and O–H groups in total. The summed E-state index contributed by atoms with van der Waals surface area (Å²) in [5.74, 6) is 1.05. The van der Waals surface area contributed by atoms with Gasteiger partial charge in [-0.2, -0.15) is 0 Å². The van der Waals surface area contributed by atoms with E-state index in [0.29, 0.717) is 23.8 Å². The predicted octanol–water partition coefficient (Wildman–Crippen LogP) is 3.97. The quantitative estimate of drug-likeness (QED) is 0.787. The maximum atomic E-state index is 12.1. The number of rotatable bonds is 7. The molecule has 0 aliphatic heterocycles. The van der Waals surface area contributed by atoms with Gasteiger partial charge in [-0.25, -0.2) is 0 Å². The van der Waals surface area contributed by atoms with Crippen LogP contribution in [0.3, 0.4) is 0 Å². The van der Waals surface area contributed by atoms with Crippen LogP contribution in [0.25, 0.3) is 0 Å². The van der Waals surface area contributed by atoms with Crippen molar-refractivity contribution in [1.29, 1.82) is 0 Å². The molecule has 0 heterocycles. The van der Waals surface area contributed by atoms with Gasteiger partial charge in [0, 0.05) is 0 Å². The number of amides is 1. The first kappa shape index (κ1) is 16.6. The summed E-state index contributed by atoms with van der Waals surface area (Å²) in [6, 6.07) is 14.9. The lowest BCUT2D eigenvalue weighted by Crippen LogP contribution is -2.20. The molecule has 0 saturated carbocycles. The summed E-state index contributed by atoms with van der Waals surface area (Å²) in [7, 11) is 0. The van der Waals surface area contributed by atoms with E-state index in [9.17, 15) is 4.79 Å². The Kier molecular flexibility index (Phi) is 5.80. The van der Waals surface area contributed by atoms with Crippen molar-refractivity contribution in [2.45, 2.75) is 13.8 Å². The minimum Gasteiger partial charge on any atom is -0.487 e. The zero-order valence-electron chi connectivity index (χ0n) is 13.5. The molecule has 0 aromatic heterocycles. The third-order valence-corrected chi connectivity index (χ3v) is 2.99. The van der Waals surface area contributed by atoms with Crippen LogP contribution in [0.4, 0.5) is 5.69 Å². The van der Waals surface area contributed by atoms with Crippen molar-refractivity contribution in [3.05, 3.63) is 66.2 Å². The minimum atomic E-state index is -0.238. The van der Waals surface area contributed by atoms with Crippen LogP contribution in [0.2, 0.25) is 0 Å². The summed E-state index contributed by atoms with van der Waals surface area (Å²) >= 11 is 0. The van der Waals surface area contributed by atoms with Gasteiger partial charge in [0.25, 0.3) is 5.91 Å². The Labute approximate surface area is 136 Å². The van der Waals surface area contributed by atoms with Crippen molar-refractivity contribution in [3.8, 4) is 11.5 Å². The lowest BCUT2D eigenvalue weighted by atomic mass is 10.2. The van der Waals surface area contributed by atoms with E-state index >= 15 is 0 Å². The summed E-state index contributed by atoms with van der Waals surface area (Å²) in [5, 5.41) is 2.80. The lowest BCUT2D eigenvalue weighted by molar-refractivity contribution is -0.118. The molecule has 2 aromatic carbocycles. The summed E-state index contributed by atoms with van der Waals surface area (Å²) in [4.78, 5) is 12.1. The Bertz CT molecular complexity index is 695. The smallest absolute Gasteiger partial charge is 0.262 e. The first-order valence-corrected chi connectivity index (χ1v) is 7.40. The molecule has 4 heteroatoms. The normalized spacial score (nSPS) is 10.0. The number of carbonyl (C=O) groups excluding carboxylic acids is 1. The molecule has 1 amide bonds. The van der Waals surface area contributed by atoms with Gasteiger partial charge in [0.05, 0.1) is 5.69 Å². The molecule has 0 unspecified atom stereocenters. The van der Waals surface area contributed by atoms with Crippen LogP contribution in [0.1, 0.15) is 12.5 Å². The number of para-hydroxylation sites is 2. The Morgan fingerprint density at radius 3 is 2.61 bits per heavy atom. The second-order valence-electron chi connectivity index (χ2n) is 5.40. The highest BCUT2D eigenvalue weighted by atomic mass is 16.5. The number of carbonyl (C=O) groups is 1. The van der Waals surface area contributed by atoms with E-state index in [0.717, 1.165) is 11.1 Å². The minimum absolute atomic E-state index is 0.0573. The van der Waals surface area contributed by atoms with Crippen molar-refractivity contribution in [2.24, 2.45) is 0 Å². The summed E-state index contributed by atoms with van der Waals surface area (Å²) in [6.45, 7) is 8.01. The largest absolute Gasteiger partial charge is 0.487 e. The van der Waals surface area contributed by atoms with Gasteiger partial charge >= 0.3 is 0 Å². The van der Waals surface area contributed by atoms with E-state index in [1.165, 1.54) is 0 Å². The fourth-order valence-corrected chi connectivity index (χ4v) is 1.94. The number of hydrogen-bond donors (Lipinski definition) is 1. The molecule has 0 radical (unpaired) electrons. The maximum Gasteiger partial charge on any atom is 0.262 e. The monoisotopic (exact) mass is 311 g/mol. The van der Waals surface area contributed by atoms with E-state index in [2.05, 4.69) is 11.9 Å². The molecule has 0 bridgehead atoms. The van der Waals surface area contributed by atoms with Crippen molar-refractivity contribution in [1.82, 2.24) is 0 Å². The number of aryl methyl sites for hydroxylation is 1. The molecule has 2 aromatic rings. The first-order valence-electron chi connectivity index (χ1n) is 7.40. The third-order valence-electron chi connectivity index (χ3n) is 2.99. The molecule has 0 aliphatic carbocycles. The van der Waals surface area contributed by atoms with E-state index in [1.807, 2.05) is 50.2 Å². The Morgan fingerprint density at radius 1 is 1.09 bits per heavy atom. The van der Waals surface area contributed by atoms with Gasteiger partial charge < -0.3 is 14.8 Å². The van der Waals surface area contributed by atoms with Crippen LogP contribution in [0, 0.1) is 6.92 Å². The highest BCUT2D eigenvalue weighted by molar-refractivity contribution is 5.93. The molecule has 0 fully saturated rings. The fourth-order valence-electron chi connectivity index (χ4n) is 1.94. The molecule has 0 spiro atoms. The Morgan fingerprint density at radius 2 is 1.87 bits per heavy atom. The second kappa shape index (κ2) is 8.03. The Hall–Kier alpha value is -2.75. The van der Waals surface area contributed by atoms with Gasteiger partial charge in [0.2, 0.25) is 0 Å². The topological polar surface area (TPSA) is 47.6 Å². The highest BCUT2D eigenvalue weighted by Gasteiger charge is 2.08. The zero-order valence-corrected chi connectivity index (χ0v) is 13.5. The SMILES string of the molecule is C=C(C)COc1ccccc1NC(=O)COc1cccc(C)c1. The summed E-state index contributed by atoms with van der Waals surface area (Å²) < 4.78 is 11.1. The molecular formula is C19H21NO3. The third kappa shape index (κ3) is 5.51.